The van der Waals surface area contributed by atoms with E-state index < -0.39 is 5.41 Å². The lowest BCUT2D eigenvalue weighted by Crippen LogP contribution is -2.31. The van der Waals surface area contributed by atoms with Crippen LogP contribution in [0.2, 0.25) is 0 Å². The van der Waals surface area contributed by atoms with Gasteiger partial charge in [0.05, 0.1) is 19.1 Å². The number of aliphatic hydroxyl groups is 1. The largest absolute Gasteiger partial charge is 0.497 e. The summed E-state index contributed by atoms with van der Waals surface area (Å²) in [5.74, 6) is 1.65. The first kappa shape index (κ1) is 17.8. The summed E-state index contributed by atoms with van der Waals surface area (Å²) in [6.45, 7) is 0.314. The van der Waals surface area contributed by atoms with Crippen molar-refractivity contribution in [3.63, 3.8) is 0 Å². The van der Waals surface area contributed by atoms with Crippen LogP contribution in [0, 0.1) is 0 Å². The van der Waals surface area contributed by atoms with Crippen molar-refractivity contribution in [2.45, 2.75) is 5.41 Å². The van der Waals surface area contributed by atoms with Crippen molar-refractivity contribution >= 4 is 0 Å². The molecule has 0 aromatic heterocycles. The monoisotopic (exact) mass is 382 g/mol. The molecule has 3 aromatic rings. The molecule has 0 amide bonds. The van der Waals surface area contributed by atoms with E-state index >= 15 is 0 Å². The molecule has 0 bridgehead atoms. The minimum atomic E-state index is -0.397. The summed E-state index contributed by atoms with van der Waals surface area (Å²) in [4.78, 5) is 0. The highest BCUT2D eigenvalue weighted by molar-refractivity contribution is 5.87. The first-order valence-corrected chi connectivity index (χ1v) is 9.80. The van der Waals surface area contributed by atoms with E-state index in [1.165, 1.54) is 33.4 Å². The number of rotatable bonds is 6. The molecule has 0 heterocycles. The molecule has 1 N–H and O–H groups in total. The molecular formula is C26H22O3. The zero-order chi connectivity index (χ0) is 19.8. The minimum Gasteiger partial charge on any atom is -0.497 e. The summed E-state index contributed by atoms with van der Waals surface area (Å²) in [6, 6.07) is 25.6. The van der Waals surface area contributed by atoms with E-state index in [-0.39, 0.29) is 6.61 Å². The maximum atomic E-state index is 9.07. The van der Waals surface area contributed by atoms with E-state index in [1.807, 2.05) is 12.1 Å². The first-order valence-electron chi connectivity index (χ1n) is 9.80. The van der Waals surface area contributed by atoms with Gasteiger partial charge in [-0.25, -0.2) is 0 Å². The number of hydrogen-bond donors (Lipinski definition) is 1. The van der Waals surface area contributed by atoms with Crippen LogP contribution in [0.5, 0.6) is 5.75 Å². The normalized spacial score (nSPS) is 15.5. The Labute approximate surface area is 170 Å². The highest BCUT2D eigenvalue weighted by atomic mass is 16.5. The third-order valence-corrected chi connectivity index (χ3v) is 5.86. The molecule has 0 fully saturated rings. The number of hydrogen-bond acceptors (Lipinski definition) is 3. The van der Waals surface area contributed by atoms with Gasteiger partial charge in [0.15, 0.2) is 0 Å². The number of methoxy groups -OCH3 is 1. The van der Waals surface area contributed by atoms with Gasteiger partial charge in [0, 0.05) is 0 Å². The third kappa shape index (κ3) is 2.55. The van der Waals surface area contributed by atoms with Gasteiger partial charge in [-0.1, -0.05) is 60.7 Å². The van der Waals surface area contributed by atoms with Crippen LogP contribution in [0.25, 0.3) is 11.1 Å². The standard InChI is InChI=1S/C26H22O3/c1-28-20-12-10-18(11-13-20)26(19-16-21(17-19)29-15-14-27)24-8-4-2-6-22(24)23-7-3-5-9-25(23)26/h2-13,16-17,27H,14-15H2,1H3. The van der Waals surface area contributed by atoms with Gasteiger partial charge in [-0.2, -0.15) is 0 Å². The molecular weight excluding hydrogens is 360 g/mol. The van der Waals surface area contributed by atoms with Crippen LogP contribution in [0.4, 0.5) is 0 Å². The second-order valence-electron chi connectivity index (χ2n) is 7.29. The molecule has 2 aliphatic carbocycles. The molecule has 0 unspecified atom stereocenters. The average molecular weight is 382 g/mol. The van der Waals surface area contributed by atoms with Crippen LogP contribution in [0.1, 0.15) is 16.7 Å². The van der Waals surface area contributed by atoms with Gasteiger partial charge in [0.1, 0.15) is 18.1 Å². The summed E-state index contributed by atoms with van der Waals surface area (Å²) in [7, 11) is 1.69. The van der Waals surface area contributed by atoms with Gasteiger partial charge in [-0.05, 0) is 57.7 Å². The van der Waals surface area contributed by atoms with Gasteiger partial charge in [-0.15, -0.1) is 0 Å². The fraction of sp³-hybridized carbons (Fsp3) is 0.154. The van der Waals surface area contributed by atoms with Gasteiger partial charge < -0.3 is 14.6 Å². The summed E-state index contributed by atoms with van der Waals surface area (Å²) in [5.41, 5.74) is 7.05. The Bertz CT molecular complexity index is 1080. The summed E-state index contributed by atoms with van der Waals surface area (Å²) in [5, 5.41) is 9.07. The quantitative estimate of drug-likeness (QED) is 0.663. The molecule has 3 heteroatoms. The number of aliphatic hydroxyl groups excluding tert-OH is 1. The zero-order valence-corrected chi connectivity index (χ0v) is 16.3. The van der Waals surface area contributed by atoms with Crippen LogP contribution >= 0.6 is 0 Å². The second kappa shape index (κ2) is 6.94. The van der Waals surface area contributed by atoms with Crippen molar-refractivity contribution in [3.8, 4) is 16.9 Å². The molecule has 144 valence electrons. The van der Waals surface area contributed by atoms with Crippen LogP contribution < -0.4 is 4.74 Å². The SMILES string of the molecule is COc1ccc(C2(C3=CC(OCCO)=C3)c3ccccc3-c3ccccc32)cc1. The van der Waals surface area contributed by atoms with Gasteiger partial charge >= 0.3 is 0 Å². The summed E-state index contributed by atoms with van der Waals surface area (Å²) in [6.07, 6.45) is 4.19. The Hall–Kier alpha value is -3.30. The minimum absolute atomic E-state index is 0.00973. The van der Waals surface area contributed by atoms with Gasteiger partial charge in [-0.3, -0.25) is 0 Å². The number of allylic oxidation sites excluding steroid dienone is 3. The maximum Gasteiger partial charge on any atom is 0.120 e. The molecule has 5 rings (SSSR count). The summed E-state index contributed by atoms with van der Waals surface area (Å²) >= 11 is 0. The molecule has 0 saturated carbocycles. The van der Waals surface area contributed by atoms with E-state index in [0.717, 1.165) is 11.5 Å². The Kier molecular flexibility index (Phi) is 4.26. The van der Waals surface area contributed by atoms with Crippen LogP contribution in [-0.2, 0) is 10.2 Å². The van der Waals surface area contributed by atoms with Crippen LogP contribution in [-0.4, -0.2) is 25.4 Å². The van der Waals surface area contributed by atoms with Crippen LogP contribution in [0.3, 0.4) is 0 Å². The third-order valence-electron chi connectivity index (χ3n) is 5.86. The van der Waals surface area contributed by atoms with Crippen molar-refractivity contribution in [2.75, 3.05) is 20.3 Å². The fourth-order valence-corrected chi connectivity index (χ4v) is 4.62. The lowest BCUT2D eigenvalue weighted by molar-refractivity contribution is 0.149. The Balaban J connectivity index is 1.74. The Morgan fingerprint density at radius 2 is 1.38 bits per heavy atom. The topological polar surface area (TPSA) is 38.7 Å². The summed E-state index contributed by atoms with van der Waals surface area (Å²) < 4.78 is 11.0. The highest BCUT2D eigenvalue weighted by Gasteiger charge is 2.48. The smallest absolute Gasteiger partial charge is 0.120 e. The predicted molar refractivity (Wildman–Crippen MR) is 114 cm³/mol. The number of benzene rings is 3. The van der Waals surface area contributed by atoms with E-state index in [0.29, 0.717) is 6.61 Å². The molecule has 0 atom stereocenters. The van der Waals surface area contributed by atoms with Crippen molar-refractivity contribution in [1.82, 2.24) is 0 Å². The maximum absolute atomic E-state index is 9.07. The molecule has 2 aliphatic rings. The Morgan fingerprint density at radius 1 is 0.793 bits per heavy atom. The molecule has 0 aliphatic heterocycles. The fourth-order valence-electron chi connectivity index (χ4n) is 4.62. The van der Waals surface area contributed by atoms with E-state index in [4.69, 9.17) is 14.6 Å². The first-order chi connectivity index (χ1) is 14.3. The zero-order valence-electron chi connectivity index (χ0n) is 16.3. The van der Waals surface area contributed by atoms with E-state index in [2.05, 4.69) is 72.8 Å². The lowest BCUT2D eigenvalue weighted by atomic mass is 9.65. The molecule has 0 spiro atoms. The van der Waals surface area contributed by atoms with E-state index in [9.17, 15) is 0 Å². The Morgan fingerprint density at radius 3 is 1.93 bits per heavy atom. The molecule has 3 aromatic carbocycles. The predicted octanol–water partition coefficient (Wildman–Crippen LogP) is 4.84. The highest BCUT2D eigenvalue weighted by Crippen LogP contribution is 2.58. The van der Waals surface area contributed by atoms with Gasteiger partial charge in [0.2, 0.25) is 0 Å². The average Bonchev–Trinajstić information content (AvgIpc) is 3.04. The van der Waals surface area contributed by atoms with Crippen molar-refractivity contribution in [1.29, 1.82) is 0 Å². The van der Waals surface area contributed by atoms with Gasteiger partial charge in [0.25, 0.3) is 0 Å². The molecule has 0 saturated heterocycles. The number of fused-ring (bicyclic) bond motifs is 3. The molecule has 3 nitrogen and oxygen atoms in total. The molecule has 0 radical (unpaired) electrons. The van der Waals surface area contributed by atoms with Crippen LogP contribution in [0.15, 0.2) is 96.3 Å². The van der Waals surface area contributed by atoms with Crippen molar-refractivity contribution < 1.29 is 14.6 Å². The number of ether oxygens (including phenoxy) is 2. The molecule has 29 heavy (non-hydrogen) atoms. The van der Waals surface area contributed by atoms with Crippen molar-refractivity contribution in [3.05, 3.63) is 113 Å². The van der Waals surface area contributed by atoms with Crippen molar-refractivity contribution in [2.24, 2.45) is 0 Å². The van der Waals surface area contributed by atoms with E-state index in [1.54, 1.807) is 7.11 Å². The second-order valence-corrected chi connectivity index (χ2v) is 7.29. The lowest BCUT2D eigenvalue weighted by Gasteiger charge is -2.37.